The van der Waals surface area contributed by atoms with Crippen LogP contribution in [0.5, 0.6) is 11.5 Å². The van der Waals surface area contributed by atoms with Gasteiger partial charge in [0.05, 0.1) is 13.5 Å². The van der Waals surface area contributed by atoms with Crippen molar-refractivity contribution in [2.45, 2.75) is 6.42 Å². The average Bonchev–Trinajstić information content (AvgIpc) is 2.21. The Morgan fingerprint density at radius 2 is 2.20 bits per heavy atom. The molecule has 0 aliphatic rings. The Balaban J connectivity index is 2.80. The van der Waals surface area contributed by atoms with Crippen molar-refractivity contribution in [1.29, 1.82) is 0 Å². The topological polar surface area (TPSA) is 61.6 Å². The van der Waals surface area contributed by atoms with Crippen LogP contribution < -0.4 is 15.2 Å². The molecular formula is C10H12INO3. The maximum atomic E-state index is 11.3. The van der Waals surface area contributed by atoms with Crippen molar-refractivity contribution in [2.24, 2.45) is 0 Å². The number of nitrogens with two attached hydrogens (primary N) is 1. The van der Waals surface area contributed by atoms with Gasteiger partial charge in [0.2, 0.25) is 0 Å². The summed E-state index contributed by atoms with van der Waals surface area (Å²) in [5.41, 5.74) is 6.14. The van der Waals surface area contributed by atoms with Gasteiger partial charge in [0.15, 0.2) is 11.5 Å². The monoisotopic (exact) mass is 321 g/mol. The standard InChI is InChI=1S/C10H12INO3/c1-14-9-6-7(12)2-3-8(9)15-10(13)4-5-11/h2-3,6H,4-5,12H2,1H3. The third-order valence-electron chi connectivity index (χ3n) is 1.71. The second-order valence-corrected chi connectivity index (χ2v) is 3.90. The smallest absolute Gasteiger partial charge is 0.312 e. The summed E-state index contributed by atoms with van der Waals surface area (Å²) in [7, 11) is 1.50. The van der Waals surface area contributed by atoms with Crippen LogP contribution in [0.4, 0.5) is 5.69 Å². The van der Waals surface area contributed by atoms with E-state index in [-0.39, 0.29) is 5.97 Å². The summed E-state index contributed by atoms with van der Waals surface area (Å²) in [4.78, 5) is 11.3. The first-order valence-electron chi connectivity index (χ1n) is 4.37. The highest BCUT2D eigenvalue weighted by Gasteiger charge is 2.09. The number of halogens is 1. The number of anilines is 1. The predicted octanol–water partition coefficient (Wildman–Crippen LogP) is 2.01. The molecule has 0 aliphatic heterocycles. The molecule has 0 fully saturated rings. The lowest BCUT2D eigenvalue weighted by molar-refractivity contribution is -0.133. The summed E-state index contributed by atoms with van der Waals surface area (Å²) in [5, 5.41) is 0. The van der Waals surface area contributed by atoms with Crippen LogP contribution in [0.2, 0.25) is 0 Å². The number of carbonyl (C=O) groups is 1. The molecule has 1 aromatic carbocycles. The summed E-state index contributed by atoms with van der Waals surface area (Å²) < 4.78 is 10.9. The van der Waals surface area contributed by atoms with E-state index >= 15 is 0 Å². The van der Waals surface area contributed by atoms with Crippen LogP contribution in [-0.2, 0) is 4.79 Å². The second-order valence-electron chi connectivity index (χ2n) is 2.82. The summed E-state index contributed by atoms with van der Waals surface area (Å²) in [6, 6.07) is 4.90. The molecular weight excluding hydrogens is 309 g/mol. The Morgan fingerprint density at radius 3 is 2.80 bits per heavy atom. The Labute approximate surface area is 102 Å². The highest BCUT2D eigenvalue weighted by Crippen LogP contribution is 2.29. The summed E-state index contributed by atoms with van der Waals surface area (Å²) >= 11 is 2.12. The number of alkyl halides is 1. The van der Waals surface area contributed by atoms with Crippen LogP contribution >= 0.6 is 22.6 Å². The van der Waals surface area contributed by atoms with Crippen LogP contribution in [0.3, 0.4) is 0 Å². The molecule has 0 bridgehead atoms. The van der Waals surface area contributed by atoms with E-state index in [0.29, 0.717) is 23.6 Å². The van der Waals surface area contributed by atoms with Gasteiger partial charge < -0.3 is 15.2 Å². The molecule has 0 radical (unpaired) electrons. The fraction of sp³-hybridized carbons (Fsp3) is 0.300. The van der Waals surface area contributed by atoms with Crippen molar-refractivity contribution in [3.05, 3.63) is 18.2 Å². The highest BCUT2D eigenvalue weighted by atomic mass is 127. The van der Waals surface area contributed by atoms with E-state index in [2.05, 4.69) is 22.6 Å². The quantitative estimate of drug-likeness (QED) is 0.303. The van der Waals surface area contributed by atoms with Crippen LogP contribution in [0, 0.1) is 0 Å². The van der Waals surface area contributed by atoms with Crippen LogP contribution in [0.1, 0.15) is 6.42 Å². The van der Waals surface area contributed by atoms with Gasteiger partial charge in [-0.15, -0.1) is 0 Å². The fourth-order valence-electron chi connectivity index (χ4n) is 1.02. The van der Waals surface area contributed by atoms with E-state index in [4.69, 9.17) is 15.2 Å². The number of hydrogen-bond donors (Lipinski definition) is 1. The number of hydrogen-bond acceptors (Lipinski definition) is 4. The molecule has 15 heavy (non-hydrogen) atoms. The van der Waals surface area contributed by atoms with E-state index in [1.807, 2.05) is 0 Å². The van der Waals surface area contributed by atoms with Crippen molar-refractivity contribution < 1.29 is 14.3 Å². The van der Waals surface area contributed by atoms with Crippen LogP contribution in [0.25, 0.3) is 0 Å². The first-order chi connectivity index (χ1) is 7.17. The van der Waals surface area contributed by atoms with Crippen molar-refractivity contribution in [1.82, 2.24) is 0 Å². The predicted molar refractivity (Wildman–Crippen MR) is 66.5 cm³/mol. The van der Waals surface area contributed by atoms with Gasteiger partial charge in [-0.2, -0.15) is 0 Å². The van der Waals surface area contributed by atoms with Crippen molar-refractivity contribution in [3.8, 4) is 11.5 Å². The molecule has 2 N–H and O–H groups in total. The molecule has 0 saturated heterocycles. The first kappa shape index (κ1) is 12.1. The zero-order valence-corrected chi connectivity index (χ0v) is 10.5. The maximum Gasteiger partial charge on any atom is 0.312 e. The third kappa shape index (κ3) is 3.58. The zero-order chi connectivity index (χ0) is 11.3. The molecule has 82 valence electrons. The minimum atomic E-state index is -0.271. The third-order valence-corrected chi connectivity index (χ3v) is 2.25. The van der Waals surface area contributed by atoms with E-state index in [1.54, 1.807) is 18.2 Å². The van der Waals surface area contributed by atoms with Gasteiger partial charge in [-0.3, -0.25) is 4.79 Å². The Bertz CT molecular complexity index is 355. The number of carbonyl (C=O) groups excluding carboxylic acids is 1. The maximum absolute atomic E-state index is 11.3. The van der Waals surface area contributed by atoms with E-state index in [0.717, 1.165) is 4.43 Å². The molecule has 0 atom stereocenters. The Hall–Kier alpha value is -0.980. The lowest BCUT2D eigenvalue weighted by Crippen LogP contribution is -2.08. The van der Waals surface area contributed by atoms with Crippen molar-refractivity contribution in [2.75, 3.05) is 17.3 Å². The minimum absolute atomic E-state index is 0.271. The number of benzene rings is 1. The number of esters is 1. The summed E-state index contributed by atoms with van der Waals surface area (Å²) in [5.74, 6) is 0.603. The SMILES string of the molecule is COc1cc(N)ccc1OC(=O)CCI. The van der Waals surface area contributed by atoms with Gasteiger partial charge in [0.25, 0.3) is 0 Å². The number of methoxy groups -OCH3 is 1. The molecule has 0 heterocycles. The molecule has 0 aromatic heterocycles. The van der Waals surface area contributed by atoms with Crippen LogP contribution in [-0.4, -0.2) is 17.5 Å². The molecule has 1 aromatic rings. The van der Waals surface area contributed by atoms with Crippen LogP contribution in [0.15, 0.2) is 18.2 Å². The zero-order valence-electron chi connectivity index (χ0n) is 8.33. The molecule has 1 rings (SSSR count). The van der Waals surface area contributed by atoms with Gasteiger partial charge >= 0.3 is 5.97 Å². The first-order valence-corrected chi connectivity index (χ1v) is 5.90. The highest BCUT2D eigenvalue weighted by molar-refractivity contribution is 14.1. The second kappa shape index (κ2) is 5.79. The Morgan fingerprint density at radius 1 is 1.47 bits per heavy atom. The molecule has 5 heteroatoms. The van der Waals surface area contributed by atoms with E-state index in [1.165, 1.54) is 7.11 Å². The van der Waals surface area contributed by atoms with Crippen molar-refractivity contribution >= 4 is 34.2 Å². The van der Waals surface area contributed by atoms with Gasteiger partial charge in [-0.25, -0.2) is 0 Å². The number of rotatable bonds is 4. The molecule has 0 amide bonds. The molecule has 0 spiro atoms. The van der Waals surface area contributed by atoms with Gasteiger partial charge in [0.1, 0.15) is 0 Å². The number of nitrogen functional groups attached to an aromatic ring is 1. The van der Waals surface area contributed by atoms with Gasteiger partial charge in [0, 0.05) is 16.2 Å². The van der Waals surface area contributed by atoms with E-state index < -0.39 is 0 Å². The molecule has 0 saturated carbocycles. The summed E-state index contributed by atoms with van der Waals surface area (Å²) in [6.45, 7) is 0. The lowest BCUT2D eigenvalue weighted by atomic mass is 10.3. The largest absolute Gasteiger partial charge is 0.493 e. The minimum Gasteiger partial charge on any atom is -0.493 e. The summed E-state index contributed by atoms with van der Waals surface area (Å²) in [6.07, 6.45) is 0.383. The molecule has 0 unspecified atom stereocenters. The molecule has 4 nitrogen and oxygen atoms in total. The average molecular weight is 321 g/mol. The fourth-order valence-corrected chi connectivity index (χ4v) is 1.46. The Kier molecular flexibility index (Phi) is 4.67. The van der Waals surface area contributed by atoms with Gasteiger partial charge in [-0.05, 0) is 12.1 Å². The van der Waals surface area contributed by atoms with Gasteiger partial charge in [-0.1, -0.05) is 22.6 Å². The number of ether oxygens (including phenoxy) is 2. The van der Waals surface area contributed by atoms with E-state index in [9.17, 15) is 4.79 Å². The van der Waals surface area contributed by atoms with Crippen molar-refractivity contribution in [3.63, 3.8) is 0 Å². The molecule has 0 aliphatic carbocycles. The lowest BCUT2D eigenvalue weighted by Gasteiger charge is -2.08. The normalized spacial score (nSPS) is 9.73.